The average Bonchev–Trinajstić information content (AvgIpc) is 2.73. The van der Waals surface area contributed by atoms with Gasteiger partial charge in [-0.25, -0.2) is 0 Å². The van der Waals surface area contributed by atoms with Gasteiger partial charge in [0.1, 0.15) is 5.75 Å². The van der Waals surface area contributed by atoms with Gasteiger partial charge in [0, 0.05) is 5.56 Å². The third-order valence-electron chi connectivity index (χ3n) is 4.82. The predicted molar refractivity (Wildman–Crippen MR) is 114 cm³/mol. The van der Waals surface area contributed by atoms with Crippen LogP contribution >= 0.6 is 0 Å². The molecule has 4 aromatic rings. The third kappa shape index (κ3) is 3.56. The molecule has 0 bridgehead atoms. The zero-order valence-electron chi connectivity index (χ0n) is 15.9. The minimum atomic E-state index is -0.241. The topological polar surface area (TPSA) is 35.5 Å². The molecule has 4 aromatic carbocycles. The molecular formula is C25H22O3. The lowest BCUT2D eigenvalue weighted by Gasteiger charge is -2.16. The standard InChI is InChI=1S/C25H22O3/c1-2-27-24(26)16-17-28-23-15-14-19-9-4-6-12-21(19)25(23)22-13-7-10-18-8-3-5-11-20(18)22/h3-15H,2,16-17H2,1H3. The second kappa shape index (κ2) is 8.13. The van der Waals surface area contributed by atoms with Crippen LogP contribution in [0.4, 0.5) is 0 Å². The van der Waals surface area contributed by atoms with E-state index in [0.717, 1.165) is 27.6 Å². The summed E-state index contributed by atoms with van der Waals surface area (Å²) in [5, 5.41) is 4.65. The highest BCUT2D eigenvalue weighted by Crippen LogP contribution is 2.40. The molecule has 0 aliphatic rings. The van der Waals surface area contributed by atoms with Crippen LogP contribution < -0.4 is 4.74 Å². The summed E-state index contributed by atoms with van der Waals surface area (Å²) in [5.41, 5.74) is 2.18. The minimum Gasteiger partial charge on any atom is -0.492 e. The van der Waals surface area contributed by atoms with Crippen molar-refractivity contribution >= 4 is 27.5 Å². The van der Waals surface area contributed by atoms with Gasteiger partial charge < -0.3 is 9.47 Å². The molecule has 0 atom stereocenters. The molecule has 0 aromatic heterocycles. The molecule has 0 saturated heterocycles. The van der Waals surface area contributed by atoms with Gasteiger partial charge in [-0.15, -0.1) is 0 Å². The van der Waals surface area contributed by atoms with Crippen LogP contribution in [0.5, 0.6) is 5.75 Å². The fourth-order valence-corrected chi connectivity index (χ4v) is 3.57. The molecule has 0 aliphatic carbocycles. The first-order chi connectivity index (χ1) is 13.8. The zero-order valence-corrected chi connectivity index (χ0v) is 15.9. The van der Waals surface area contributed by atoms with Gasteiger partial charge in [0.2, 0.25) is 0 Å². The number of fused-ring (bicyclic) bond motifs is 2. The Balaban J connectivity index is 1.82. The van der Waals surface area contributed by atoms with Crippen molar-refractivity contribution in [1.82, 2.24) is 0 Å². The summed E-state index contributed by atoms with van der Waals surface area (Å²) in [6.45, 7) is 2.48. The normalized spacial score (nSPS) is 10.9. The lowest BCUT2D eigenvalue weighted by molar-refractivity contribution is -0.143. The van der Waals surface area contributed by atoms with E-state index >= 15 is 0 Å². The smallest absolute Gasteiger partial charge is 0.309 e. The van der Waals surface area contributed by atoms with Crippen LogP contribution in [0.25, 0.3) is 32.7 Å². The van der Waals surface area contributed by atoms with Crippen LogP contribution in [0.2, 0.25) is 0 Å². The summed E-state index contributed by atoms with van der Waals surface area (Å²) in [5.74, 6) is 0.536. The third-order valence-corrected chi connectivity index (χ3v) is 4.82. The van der Waals surface area contributed by atoms with Crippen LogP contribution in [0.3, 0.4) is 0 Å². The van der Waals surface area contributed by atoms with Crippen LogP contribution in [-0.4, -0.2) is 19.2 Å². The SMILES string of the molecule is CCOC(=O)CCOc1ccc2ccccc2c1-c1cccc2ccccc12. The quantitative estimate of drug-likeness (QED) is 0.391. The lowest BCUT2D eigenvalue weighted by atomic mass is 9.93. The van der Waals surface area contributed by atoms with E-state index in [4.69, 9.17) is 9.47 Å². The fraction of sp³-hybridized carbons (Fsp3) is 0.160. The van der Waals surface area contributed by atoms with Crippen molar-refractivity contribution in [3.63, 3.8) is 0 Å². The van der Waals surface area contributed by atoms with Gasteiger partial charge in [0.25, 0.3) is 0 Å². The maximum absolute atomic E-state index is 11.7. The molecule has 3 heteroatoms. The molecule has 0 aliphatic heterocycles. The molecule has 0 N–H and O–H groups in total. The molecule has 0 radical (unpaired) electrons. The number of hydrogen-bond acceptors (Lipinski definition) is 3. The van der Waals surface area contributed by atoms with E-state index in [-0.39, 0.29) is 19.0 Å². The summed E-state index contributed by atoms with van der Waals surface area (Å²) in [6.07, 6.45) is 0.232. The number of rotatable bonds is 6. The van der Waals surface area contributed by atoms with Gasteiger partial charge >= 0.3 is 5.97 Å². The molecule has 0 fully saturated rings. The number of carbonyl (C=O) groups is 1. The molecule has 140 valence electrons. The highest BCUT2D eigenvalue weighted by atomic mass is 16.5. The Morgan fingerprint density at radius 2 is 1.46 bits per heavy atom. The summed E-state index contributed by atoms with van der Waals surface area (Å²) in [6, 6.07) is 27.0. The molecule has 28 heavy (non-hydrogen) atoms. The molecule has 0 amide bonds. The highest BCUT2D eigenvalue weighted by Gasteiger charge is 2.14. The Hall–Kier alpha value is -3.33. The van der Waals surface area contributed by atoms with E-state index in [9.17, 15) is 4.79 Å². The Labute approximate surface area is 164 Å². The predicted octanol–water partition coefficient (Wildman–Crippen LogP) is 5.99. The van der Waals surface area contributed by atoms with Crippen LogP contribution in [-0.2, 0) is 9.53 Å². The van der Waals surface area contributed by atoms with E-state index in [0.29, 0.717) is 6.61 Å². The number of esters is 1. The summed E-state index contributed by atoms with van der Waals surface area (Å²) in [4.78, 5) is 11.7. The Bertz CT molecular complexity index is 1130. The zero-order chi connectivity index (χ0) is 19.3. The monoisotopic (exact) mass is 370 g/mol. The fourth-order valence-electron chi connectivity index (χ4n) is 3.57. The molecule has 0 saturated carbocycles. The molecule has 0 unspecified atom stereocenters. The first-order valence-corrected chi connectivity index (χ1v) is 9.56. The number of benzene rings is 4. The molecule has 0 spiro atoms. The molecule has 3 nitrogen and oxygen atoms in total. The van der Waals surface area contributed by atoms with E-state index in [2.05, 4.69) is 54.6 Å². The Morgan fingerprint density at radius 1 is 0.786 bits per heavy atom. The number of hydrogen-bond donors (Lipinski definition) is 0. The van der Waals surface area contributed by atoms with Gasteiger partial charge in [0.15, 0.2) is 0 Å². The van der Waals surface area contributed by atoms with Crippen molar-refractivity contribution in [3.05, 3.63) is 78.9 Å². The minimum absolute atomic E-state index is 0.232. The van der Waals surface area contributed by atoms with Crippen molar-refractivity contribution in [1.29, 1.82) is 0 Å². The van der Waals surface area contributed by atoms with Crippen molar-refractivity contribution in [3.8, 4) is 16.9 Å². The van der Waals surface area contributed by atoms with Gasteiger partial charge in [-0.2, -0.15) is 0 Å². The van der Waals surface area contributed by atoms with Gasteiger partial charge in [-0.05, 0) is 40.1 Å². The van der Waals surface area contributed by atoms with Crippen LogP contribution in [0, 0.1) is 0 Å². The van der Waals surface area contributed by atoms with Crippen molar-refractivity contribution < 1.29 is 14.3 Å². The molecule has 0 heterocycles. The van der Waals surface area contributed by atoms with E-state index in [1.807, 2.05) is 24.3 Å². The average molecular weight is 370 g/mol. The van der Waals surface area contributed by atoms with Crippen molar-refractivity contribution in [2.45, 2.75) is 13.3 Å². The van der Waals surface area contributed by atoms with Gasteiger partial charge in [-0.1, -0.05) is 72.8 Å². The first kappa shape index (κ1) is 18.1. The van der Waals surface area contributed by atoms with Crippen LogP contribution in [0.1, 0.15) is 13.3 Å². The summed E-state index contributed by atoms with van der Waals surface area (Å²) < 4.78 is 11.1. The highest BCUT2D eigenvalue weighted by molar-refractivity contribution is 6.07. The Kier molecular flexibility index (Phi) is 5.24. The summed E-state index contributed by atoms with van der Waals surface area (Å²) in [7, 11) is 0. The van der Waals surface area contributed by atoms with Crippen LogP contribution in [0.15, 0.2) is 78.9 Å². The number of ether oxygens (including phenoxy) is 2. The first-order valence-electron chi connectivity index (χ1n) is 9.56. The van der Waals surface area contributed by atoms with Crippen molar-refractivity contribution in [2.75, 3.05) is 13.2 Å². The number of carbonyl (C=O) groups excluding carboxylic acids is 1. The van der Waals surface area contributed by atoms with E-state index < -0.39 is 0 Å². The Morgan fingerprint density at radius 3 is 2.25 bits per heavy atom. The second-order valence-corrected chi connectivity index (χ2v) is 6.59. The van der Waals surface area contributed by atoms with Crippen molar-refractivity contribution in [2.24, 2.45) is 0 Å². The largest absolute Gasteiger partial charge is 0.492 e. The molecule has 4 rings (SSSR count). The summed E-state index contributed by atoms with van der Waals surface area (Å²) >= 11 is 0. The van der Waals surface area contributed by atoms with Gasteiger partial charge in [-0.3, -0.25) is 4.79 Å². The lowest BCUT2D eigenvalue weighted by Crippen LogP contribution is -2.10. The second-order valence-electron chi connectivity index (χ2n) is 6.59. The maximum atomic E-state index is 11.7. The van der Waals surface area contributed by atoms with E-state index in [1.54, 1.807) is 6.92 Å². The van der Waals surface area contributed by atoms with E-state index in [1.165, 1.54) is 10.8 Å². The molecular weight excluding hydrogens is 348 g/mol. The van der Waals surface area contributed by atoms with Gasteiger partial charge in [0.05, 0.1) is 19.6 Å². The maximum Gasteiger partial charge on any atom is 0.309 e.